The van der Waals surface area contributed by atoms with Gasteiger partial charge in [-0.05, 0) is 19.8 Å². The third-order valence-corrected chi connectivity index (χ3v) is 3.14. The second-order valence-electron chi connectivity index (χ2n) is 4.93. The summed E-state index contributed by atoms with van der Waals surface area (Å²) < 4.78 is 16.1. The quantitative estimate of drug-likeness (QED) is 0.676. The van der Waals surface area contributed by atoms with E-state index in [-0.39, 0.29) is 5.60 Å². The van der Waals surface area contributed by atoms with Crippen LogP contribution in [0.15, 0.2) is 4.42 Å². The second kappa shape index (κ2) is 6.83. The number of hydrogen-bond donors (Lipinski definition) is 2. The molecule has 0 spiro atoms. The zero-order chi connectivity index (χ0) is 13.6. The molecule has 1 atom stereocenters. The van der Waals surface area contributed by atoms with E-state index in [0.29, 0.717) is 31.6 Å². The van der Waals surface area contributed by atoms with Gasteiger partial charge in [0.2, 0.25) is 5.89 Å². The highest BCUT2D eigenvalue weighted by Gasteiger charge is 2.29. The summed E-state index contributed by atoms with van der Waals surface area (Å²) in [4.78, 5) is 0. The van der Waals surface area contributed by atoms with Crippen molar-refractivity contribution in [3.05, 3.63) is 5.89 Å². The summed E-state index contributed by atoms with van der Waals surface area (Å²) >= 11 is 0. The van der Waals surface area contributed by atoms with Gasteiger partial charge < -0.3 is 24.5 Å². The molecule has 0 saturated carbocycles. The molecule has 7 nitrogen and oxygen atoms in total. The Balaban J connectivity index is 1.71. The molecule has 1 unspecified atom stereocenters. The predicted molar refractivity (Wildman–Crippen MR) is 70.0 cm³/mol. The van der Waals surface area contributed by atoms with Crippen LogP contribution in [0.3, 0.4) is 0 Å². The van der Waals surface area contributed by atoms with Crippen LogP contribution in [-0.2, 0) is 16.0 Å². The topological polar surface area (TPSA) is 81.4 Å². The Bertz CT molecular complexity index is 377. The highest BCUT2D eigenvalue weighted by atomic mass is 16.5. The van der Waals surface area contributed by atoms with Crippen LogP contribution in [0.1, 0.15) is 25.7 Å². The molecule has 1 aromatic rings. The van der Waals surface area contributed by atoms with Crippen molar-refractivity contribution in [2.24, 2.45) is 0 Å². The lowest BCUT2D eigenvalue weighted by molar-refractivity contribution is 0.0311. The molecule has 0 amide bonds. The minimum absolute atomic E-state index is 0.120. The van der Waals surface area contributed by atoms with Gasteiger partial charge >= 0.3 is 6.01 Å². The maximum absolute atomic E-state index is 5.68. The van der Waals surface area contributed by atoms with Crippen molar-refractivity contribution in [2.75, 3.05) is 38.7 Å². The third-order valence-electron chi connectivity index (χ3n) is 3.14. The molecule has 0 bridgehead atoms. The Kier molecular flexibility index (Phi) is 5.12. The van der Waals surface area contributed by atoms with E-state index in [4.69, 9.17) is 13.9 Å². The fourth-order valence-electron chi connectivity index (χ4n) is 2.00. The molecular formula is C12H22N4O3. The first-order chi connectivity index (χ1) is 9.22. The van der Waals surface area contributed by atoms with Crippen LogP contribution in [0.2, 0.25) is 0 Å². The van der Waals surface area contributed by atoms with Gasteiger partial charge in [0.25, 0.3) is 0 Å². The van der Waals surface area contributed by atoms with E-state index >= 15 is 0 Å². The lowest BCUT2D eigenvalue weighted by Crippen LogP contribution is -2.32. The Hall–Kier alpha value is -1.18. The van der Waals surface area contributed by atoms with Crippen LogP contribution in [0, 0.1) is 0 Å². The minimum atomic E-state index is -0.120. The predicted octanol–water partition coefficient (Wildman–Crippen LogP) is 0.787. The summed E-state index contributed by atoms with van der Waals surface area (Å²) in [6.45, 7) is 5.58. The van der Waals surface area contributed by atoms with Crippen LogP contribution in [0.4, 0.5) is 6.01 Å². The van der Waals surface area contributed by atoms with E-state index in [1.54, 1.807) is 7.11 Å². The van der Waals surface area contributed by atoms with Gasteiger partial charge in [-0.1, -0.05) is 5.10 Å². The monoisotopic (exact) mass is 270 g/mol. The maximum Gasteiger partial charge on any atom is 0.315 e. The zero-order valence-corrected chi connectivity index (χ0v) is 11.6. The van der Waals surface area contributed by atoms with Crippen LogP contribution in [0.5, 0.6) is 0 Å². The van der Waals surface area contributed by atoms with Crippen molar-refractivity contribution in [1.82, 2.24) is 15.5 Å². The van der Waals surface area contributed by atoms with Crippen molar-refractivity contribution in [3.63, 3.8) is 0 Å². The normalized spacial score (nSPS) is 22.8. The summed E-state index contributed by atoms with van der Waals surface area (Å²) in [5, 5.41) is 14.2. The zero-order valence-electron chi connectivity index (χ0n) is 11.6. The van der Waals surface area contributed by atoms with Gasteiger partial charge in [0, 0.05) is 26.8 Å². The lowest BCUT2D eigenvalue weighted by atomic mass is 10.0. The highest BCUT2D eigenvalue weighted by Crippen LogP contribution is 2.25. The molecule has 0 aliphatic carbocycles. The molecule has 108 valence electrons. The number of aromatic nitrogens is 2. The number of rotatable bonds is 8. The van der Waals surface area contributed by atoms with Gasteiger partial charge in [-0.25, -0.2) is 0 Å². The van der Waals surface area contributed by atoms with Crippen LogP contribution in [0.25, 0.3) is 0 Å². The Morgan fingerprint density at radius 1 is 1.42 bits per heavy atom. The maximum atomic E-state index is 5.68. The largest absolute Gasteiger partial charge is 0.407 e. The summed E-state index contributed by atoms with van der Waals surface area (Å²) in [7, 11) is 1.67. The van der Waals surface area contributed by atoms with Gasteiger partial charge in [0.15, 0.2) is 0 Å². The van der Waals surface area contributed by atoms with Crippen molar-refractivity contribution < 1.29 is 13.9 Å². The molecule has 1 aliphatic rings. The molecule has 2 N–H and O–H groups in total. The number of ether oxygens (including phenoxy) is 2. The van der Waals surface area contributed by atoms with Crippen molar-refractivity contribution in [1.29, 1.82) is 0 Å². The number of nitrogens with one attached hydrogen (secondary N) is 2. The van der Waals surface area contributed by atoms with Gasteiger partial charge in [-0.2, -0.15) is 0 Å². The number of hydrogen-bond acceptors (Lipinski definition) is 7. The van der Waals surface area contributed by atoms with Crippen LogP contribution in [-0.4, -0.2) is 49.2 Å². The molecule has 0 radical (unpaired) electrons. The summed E-state index contributed by atoms with van der Waals surface area (Å²) in [5.41, 5.74) is -0.120. The fraction of sp³-hybridized carbons (Fsp3) is 0.833. The fourth-order valence-corrected chi connectivity index (χ4v) is 2.00. The van der Waals surface area contributed by atoms with E-state index < -0.39 is 0 Å². The smallest absolute Gasteiger partial charge is 0.315 e. The van der Waals surface area contributed by atoms with Crippen molar-refractivity contribution in [3.8, 4) is 0 Å². The number of anilines is 1. The Morgan fingerprint density at radius 2 is 2.32 bits per heavy atom. The summed E-state index contributed by atoms with van der Waals surface area (Å²) in [6, 6.07) is 0.445. The minimum Gasteiger partial charge on any atom is -0.407 e. The first-order valence-electron chi connectivity index (χ1n) is 6.62. The Morgan fingerprint density at radius 3 is 3.05 bits per heavy atom. The van der Waals surface area contributed by atoms with E-state index in [9.17, 15) is 0 Å². The standard InChI is InChI=1S/C12H22N4O3/c1-12(4-3-6-18-12)9-14-11-16-15-10(19-11)8-13-5-7-17-2/h13H,3-9H2,1-2H3,(H,14,16). The van der Waals surface area contributed by atoms with E-state index in [0.717, 1.165) is 26.0 Å². The molecule has 1 aliphatic heterocycles. The number of methoxy groups -OCH3 is 1. The van der Waals surface area contributed by atoms with Crippen molar-refractivity contribution >= 4 is 6.01 Å². The highest BCUT2D eigenvalue weighted by molar-refractivity contribution is 5.18. The molecule has 1 fully saturated rings. The Labute approximate surface area is 113 Å². The van der Waals surface area contributed by atoms with Gasteiger partial charge in [-0.3, -0.25) is 0 Å². The second-order valence-corrected chi connectivity index (χ2v) is 4.93. The molecule has 1 aromatic heterocycles. The van der Waals surface area contributed by atoms with Gasteiger partial charge in [-0.15, -0.1) is 5.10 Å². The first-order valence-corrected chi connectivity index (χ1v) is 6.62. The molecule has 2 heterocycles. The molecule has 7 heteroatoms. The molecule has 2 rings (SSSR count). The molecular weight excluding hydrogens is 248 g/mol. The SMILES string of the molecule is COCCNCc1nnc(NCC2(C)CCCO2)o1. The average molecular weight is 270 g/mol. The van der Waals surface area contributed by atoms with Crippen LogP contribution < -0.4 is 10.6 Å². The van der Waals surface area contributed by atoms with Crippen molar-refractivity contribution in [2.45, 2.75) is 31.9 Å². The lowest BCUT2D eigenvalue weighted by Gasteiger charge is -2.22. The molecule has 0 aromatic carbocycles. The first kappa shape index (κ1) is 14.2. The molecule has 1 saturated heterocycles. The summed E-state index contributed by atoms with van der Waals surface area (Å²) in [5.74, 6) is 0.566. The number of nitrogens with zero attached hydrogens (tertiary/aromatic N) is 2. The van der Waals surface area contributed by atoms with Crippen LogP contribution >= 0.6 is 0 Å². The van der Waals surface area contributed by atoms with Gasteiger partial charge in [0.1, 0.15) is 0 Å². The van der Waals surface area contributed by atoms with E-state index in [1.807, 2.05) is 0 Å². The molecule has 19 heavy (non-hydrogen) atoms. The average Bonchev–Trinajstić information content (AvgIpc) is 3.02. The van der Waals surface area contributed by atoms with Gasteiger partial charge in [0.05, 0.1) is 18.8 Å². The summed E-state index contributed by atoms with van der Waals surface area (Å²) in [6.07, 6.45) is 2.16. The van der Waals surface area contributed by atoms with E-state index in [2.05, 4.69) is 27.8 Å². The van der Waals surface area contributed by atoms with E-state index in [1.165, 1.54) is 0 Å². The third kappa shape index (κ3) is 4.45.